The van der Waals surface area contributed by atoms with Gasteiger partial charge in [0.25, 0.3) is 6.43 Å². The fourth-order valence-electron chi connectivity index (χ4n) is 2.52. The van der Waals surface area contributed by atoms with Gasteiger partial charge in [0, 0.05) is 38.3 Å². The van der Waals surface area contributed by atoms with Crippen LogP contribution in [-0.4, -0.2) is 38.2 Å². The van der Waals surface area contributed by atoms with Gasteiger partial charge in [-0.05, 0) is 13.0 Å². The zero-order chi connectivity index (χ0) is 13.8. The predicted octanol–water partition coefficient (Wildman–Crippen LogP) is 2.35. The van der Waals surface area contributed by atoms with Gasteiger partial charge >= 0.3 is 0 Å². The van der Waals surface area contributed by atoms with Gasteiger partial charge in [0.15, 0.2) is 0 Å². The fraction of sp³-hybridized carbons (Fsp3) is 0.571. The van der Waals surface area contributed by atoms with Crippen molar-refractivity contribution in [2.75, 3.05) is 33.3 Å². The van der Waals surface area contributed by atoms with E-state index in [-0.39, 0.29) is 5.56 Å². The van der Waals surface area contributed by atoms with Crippen LogP contribution in [-0.2, 0) is 6.54 Å². The molecule has 0 unspecified atom stereocenters. The Morgan fingerprint density at radius 1 is 1.32 bits per heavy atom. The fourth-order valence-corrected chi connectivity index (χ4v) is 2.52. The number of hydrogen-bond acceptors (Lipinski definition) is 3. The number of benzene rings is 1. The molecule has 1 aromatic carbocycles. The van der Waals surface area contributed by atoms with E-state index in [1.54, 1.807) is 0 Å². The van der Waals surface area contributed by atoms with E-state index >= 15 is 0 Å². The van der Waals surface area contributed by atoms with Crippen LogP contribution < -0.4 is 10.1 Å². The van der Waals surface area contributed by atoms with Crippen LogP contribution in [0.1, 0.15) is 23.1 Å². The van der Waals surface area contributed by atoms with Gasteiger partial charge in [-0.2, -0.15) is 0 Å². The number of halogens is 2. The van der Waals surface area contributed by atoms with Crippen molar-refractivity contribution in [1.82, 2.24) is 10.2 Å². The minimum atomic E-state index is -2.50. The molecule has 1 heterocycles. The van der Waals surface area contributed by atoms with E-state index in [1.807, 2.05) is 13.0 Å². The molecule has 1 aliphatic heterocycles. The molecule has 1 aliphatic rings. The molecule has 1 aromatic rings. The van der Waals surface area contributed by atoms with Gasteiger partial charge < -0.3 is 10.1 Å². The number of nitrogens with zero attached hydrogens (tertiary/aromatic N) is 1. The molecule has 3 nitrogen and oxygen atoms in total. The van der Waals surface area contributed by atoms with E-state index in [0.717, 1.165) is 37.3 Å². The molecule has 0 amide bonds. The highest BCUT2D eigenvalue weighted by molar-refractivity contribution is 5.45. The number of piperazine rings is 1. The largest absolute Gasteiger partial charge is 0.496 e. The molecule has 106 valence electrons. The van der Waals surface area contributed by atoms with Crippen molar-refractivity contribution < 1.29 is 13.5 Å². The molecule has 0 atom stereocenters. The summed E-state index contributed by atoms with van der Waals surface area (Å²) in [6.45, 7) is 6.24. The van der Waals surface area contributed by atoms with E-state index in [2.05, 4.69) is 10.2 Å². The van der Waals surface area contributed by atoms with E-state index in [1.165, 1.54) is 13.2 Å². The van der Waals surface area contributed by atoms with Crippen LogP contribution >= 0.6 is 0 Å². The second-order valence-corrected chi connectivity index (χ2v) is 4.87. The summed E-state index contributed by atoms with van der Waals surface area (Å²) >= 11 is 0. The summed E-state index contributed by atoms with van der Waals surface area (Å²) in [5.74, 6) is 0.333. The second kappa shape index (κ2) is 6.30. The first-order chi connectivity index (χ1) is 9.11. The summed E-state index contributed by atoms with van der Waals surface area (Å²) in [5.41, 5.74) is 1.69. The third-order valence-corrected chi connectivity index (χ3v) is 3.38. The summed E-state index contributed by atoms with van der Waals surface area (Å²) in [4.78, 5) is 2.25. The molecule has 0 radical (unpaired) electrons. The SMILES string of the molecule is COc1c(CN2CCNCC2)cc(C)cc1C(F)F. The van der Waals surface area contributed by atoms with E-state index in [4.69, 9.17) is 4.74 Å². The van der Waals surface area contributed by atoms with Crippen LogP contribution in [0, 0.1) is 6.92 Å². The van der Waals surface area contributed by atoms with Crippen molar-refractivity contribution in [2.45, 2.75) is 19.9 Å². The van der Waals surface area contributed by atoms with E-state index < -0.39 is 6.43 Å². The van der Waals surface area contributed by atoms with Crippen molar-refractivity contribution in [3.63, 3.8) is 0 Å². The summed E-state index contributed by atoms with van der Waals surface area (Å²) in [6, 6.07) is 3.44. The van der Waals surface area contributed by atoms with Gasteiger partial charge in [0.2, 0.25) is 0 Å². The van der Waals surface area contributed by atoms with Gasteiger partial charge in [-0.25, -0.2) is 8.78 Å². The summed E-state index contributed by atoms with van der Waals surface area (Å²) in [7, 11) is 1.46. The Bertz CT molecular complexity index is 432. The highest BCUT2D eigenvalue weighted by Crippen LogP contribution is 2.34. The normalized spacial score (nSPS) is 16.9. The average molecular weight is 270 g/mol. The van der Waals surface area contributed by atoms with Gasteiger partial charge in [-0.15, -0.1) is 0 Å². The van der Waals surface area contributed by atoms with Crippen molar-refractivity contribution in [3.05, 3.63) is 28.8 Å². The van der Waals surface area contributed by atoms with Crippen molar-refractivity contribution in [1.29, 1.82) is 0 Å². The standard InChI is InChI=1S/C14H20F2N2O/c1-10-7-11(9-18-5-3-17-4-6-18)13(19-2)12(8-10)14(15)16/h7-8,14,17H,3-6,9H2,1-2H3. The summed E-state index contributed by atoms with van der Waals surface area (Å²) < 4.78 is 31.3. The zero-order valence-corrected chi connectivity index (χ0v) is 11.4. The van der Waals surface area contributed by atoms with Gasteiger partial charge in [-0.3, -0.25) is 4.90 Å². The topological polar surface area (TPSA) is 24.5 Å². The van der Waals surface area contributed by atoms with Gasteiger partial charge in [0.05, 0.1) is 12.7 Å². The maximum absolute atomic E-state index is 13.0. The Hall–Kier alpha value is -1.20. The highest BCUT2D eigenvalue weighted by Gasteiger charge is 2.20. The average Bonchev–Trinajstić information content (AvgIpc) is 2.39. The Labute approximate surface area is 112 Å². The molecular formula is C14H20F2N2O. The molecule has 1 saturated heterocycles. The maximum Gasteiger partial charge on any atom is 0.267 e. The number of hydrogen-bond donors (Lipinski definition) is 1. The Kier molecular flexibility index (Phi) is 4.71. The lowest BCUT2D eigenvalue weighted by atomic mass is 10.0. The Morgan fingerprint density at radius 2 is 2.00 bits per heavy atom. The van der Waals surface area contributed by atoms with Crippen molar-refractivity contribution in [2.24, 2.45) is 0 Å². The van der Waals surface area contributed by atoms with Crippen LogP contribution in [0.3, 0.4) is 0 Å². The summed E-state index contributed by atoms with van der Waals surface area (Å²) in [6.07, 6.45) is -2.50. The van der Waals surface area contributed by atoms with Crippen LogP contribution in [0.15, 0.2) is 12.1 Å². The number of aryl methyl sites for hydroxylation is 1. The minimum absolute atomic E-state index is 0.00682. The third kappa shape index (κ3) is 3.42. The first-order valence-electron chi connectivity index (χ1n) is 6.50. The summed E-state index contributed by atoms with van der Waals surface area (Å²) in [5, 5.41) is 3.28. The number of ether oxygens (including phenoxy) is 1. The molecule has 0 saturated carbocycles. The van der Waals surface area contributed by atoms with Crippen LogP contribution in [0.2, 0.25) is 0 Å². The molecule has 0 spiro atoms. The minimum Gasteiger partial charge on any atom is -0.496 e. The number of nitrogens with one attached hydrogen (secondary N) is 1. The first-order valence-corrected chi connectivity index (χ1v) is 6.50. The highest BCUT2D eigenvalue weighted by atomic mass is 19.3. The Morgan fingerprint density at radius 3 is 2.58 bits per heavy atom. The third-order valence-electron chi connectivity index (χ3n) is 3.38. The smallest absolute Gasteiger partial charge is 0.267 e. The zero-order valence-electron chi connectivity index (χ0n) is 11.4. The molecule has 19 heavy (non-hydrogen) atoms. The molecule has 5 heteroatoms. The molecule has 0 aliphatic carbocycles. The molecule has 0 bridgehead atoms. The molecule has 1 fully saturated rings. The van der Waals surface area contributed by atoms with Crippen molar-refractivity contribution in [3.8, 4) is 5.75 Å². The quantitative estimate of drug-likeness (QED) is 0.909. The monoisotopic (exact) mass is 270 g/mol. The van der Waals surface area contributed by atoms with Gasteiger partial charge in [-0.1, -0.05) is 11.6 Å². The first kappa shape index (κ1) is 14.2. The second-order valence-electron chi connectivity index (χ2n) is 4.87. The lowest BCUT2D eigenvalue weighted by Gasteiger charge is -2.28. The van der Waals surface area contributed by atoms with E-state index in [9.17, 15) is 8.78 Å². The van der Waals surface area contributed by atoms with Crippen LogP contribution in [0.4, 0.5) is 8.78 Å². The van der Waals surface area contributed by atoms with Crippen LogP contribution in [0.25, 0.3) is 0 Å². The lowest BCUT2D eigenvalue weighted by Crippen LogP contribution is -2.42. The number of methoxy groups -OCH3 is 1. The predicted molar refractivity (Wildman–Crippen MR) is 70.8 cm³/mol. The number of rotatable bonds is 4. The molecular weight excluding hydrogens is 250 g/mol. The van der Waals surface area contributed by atoms with E-state index in [0.29, 0.717) is 12.3 Å². The molecule has 1 N–H and O–H groups in total. The Balaban J connectivity index is 2.27. The molecule has 0 aromatic heterocycles. The number of alkyl halides is 2. The lowest BCUT2D eigenvalue weighted by molar-refractivity contribution is 0.146. The van der Waals surface area contributed by atoms with Gasteiger partial charge in [0.1, 0.15) is 5.75 Å². The maximum atomic E-state index is 13.0. The van der Waals surface area contributed by atoms with Crippen molar-refractivity contribution >= 4 is 0 Å². The van der Waals surface area contributed by atoms with Crippen LogP contribution in [0.5, 0.6) is 5.75 Å². The molecule has 2 rings (SSSR count).